The van der Waals surface area contributed by atoms with E-state index in [2.05, 4.69) is 5.32 Å². The molecular weight excluding hydrogens is 484 g/mol. The third kappa shape index (κ3) is 7.73. The van der Waals surface area contributed by atoms with Gasteiger partial charge in [-0.1, -0.05) is 41.4 Å². The second-order valence-corrected chi connectivity index (χ2v) is 10.9. The van der Waals surface area contributed by atoms with E-state index in [0.717, 1.165) is 27.6 Å². The highest BCUT2D eigenvalue weighted by Crippen LogP contribution is 2.25. The van der Waals surface area contributed by atoms with E-state index in [1.54, 1.807) is 12.1 Å². The van der Waals surface area contributed by atoms with Gasteiger partial charge in [0.2, 0.25) is 5.91 Å². The summed E-state index contributed by atoms with van der Waals surface area (Å²) in [5.41, 5.74) is 2.52. The number of nitrogens with zero attached hydrogens (tertiary/aromatic N) is 1. The molecule has 0 aliphatic heterocycles. The van der Waals surface area contributed by atoms with E-state index in [1.165, 1.54) is 24.3 Å². The minimum absolute atomic E-state index is 0.0683. The van der Waals surface area contributed by atoms with E-state index in [1.807, 2.05) is 57.2 Å². The Morgan fingerprint density at radius 2 is 1.71 bits per heavy atom. The molecule has 3 aromatic carbocycles. The maximum absolute atomic E-state index is 13.4. The van der Waals surface area contributed by atoms with Crippen molar-refractivity contribution in [2.24, 2.45) is 0 Å². The summed E-state index contributed by atoms with van der Waals surface area (Å²) in [7, 11) is -3.97. The van der Waals surface area contributed by atoms with Crippen molar-refractivity contribution in [3.8, 4) is 5.75 Å². The Balaban J connectivity index is 1.65. The van der Waals surface area contributed by atoms with Crippen molar-refractivity contribution in [1.82, 2.24) is 5.32 Å². The number of halogens is 1. The molecule has 0 fully saturated rings. The topological polar surface area (TPSA) is 75.7 Å². The lowest BCUT2D eigenvalue weighted by Gasteiger charge is -2.24. The van der Waals surface area contributed by atoms with Crippen LogP contribution < -0.4 is 14.4 Å². The fourth-order valence-electron chi connectivity index (χ4n) is 3.51. The molecule has 0 atom stereocenters. The van der Waals surface area contributed by atoms with E-state index in [9.17, 15) is 13.2 Å². The van der Waals surface area contributed by atoms with Gasteiger partial charge in [-0.3, -0.25) is 9.10 Å². The van der Waals surface area contributed by atoms with Crippen molar-refractivity contribution in [2.75, 3.05) is 17.4 Å². The van der Waals surface area contributed by atoms with Crippen LogP contribution in [0.4, 0.5) is 5.69 Å². The number of benzene rings is 3. The van der Waals surface area contributed by atoms with Crippen molar-refractivity contribution in [1.29, 1.82) is 0 Å². The zero-order valence-corrected chi connectivity index (χ0v) is 21.8. The van der Waals surface area contributed by atoms with Crippen LogP contribution in [0.1, 0.15) is 31.4 Å². The summed E-state index contributed by atoms with van der Waals surface area (Å²) in [4.78, 5) is 12.8. The molecule has 0 heterocycles. The number of carbonyl (C=O) groups is 1. The molecule has 6 nitrogen and oxygen atoms in total. The van der Waals surface area contributed by atoms with Crippen molar-refractivity contribution in [3.05, 3.63) is 88.9 Å². The van der Waals surface area contributed by atoms with Gasteiger partial charge >= 0.3 is 0 Å². The van der Waals surface area contributed by atoms with Crippen LogP contribution in [0.25, 0.3) is 0 Å². The van der Waals surface area contributed by atoms with Crippen LogP contribution in [0.3, 0.4) is 0 Å². The summed E-state index contributed by atoms with van der Waals surface area (Å²) in [5, 5.41) is 3.28. The molecule has 3 aromatic rings. The molecule has 0 unspecified atom stereocenters. The fourth-order valence-corrected chi connectivity index (χ4v) is 5.06. The van der Waals surface area contributed by atoms with Crippen LogP contribution >= 0.6 is 11.6 Å². The van der Waals surface area contributed by atoms with Gasteiger partial charge in [-0.2, -0.15) is 0 Å². The minimum atomic E-state index is -3.97. The number of sulfonamides is 1. The molecule has 0 spiro atoms. The van der Waals surface area contributed by atoms with Crippen LogP contribution in [0.15, 0.2) is 77.7 Å². The summed E-state index contributed by atoms with van der Waals surface area (Å²) in [6.45, 7) is 5.98. The minimum Gasteiger partial charge on any atom is -0.491 e. The molecule has 8 heteroatoms. The van der Waals surface area contributed by atoms with E-state index < -0.39 is 10.0 Å². The van der Waals surface area contributed by atoms with Crippen LogP contribution in [-0.2, 0) is 21.2 Å². The zero-order chi connectivity index (χ0) is 25.4. The molecule has 3 rings (SSSR count). The predicted molar refractivity (Wildman–Crippen MR) is 141 cm³/mol. The number of aryl methyl sites for hydroxylation is 2. The largest absolute Gasteiger partial charge is 0.491 e. The summed E-state index contributed by atoms with van der Waals surface area (Å²) in [6, 6.07) is 20.8. The van der Waals surface area contributed by atoms with Crippen LogP contribution in [0, 0.1) is 6.92 Å². The van der Waals surface area contributed by atoms with E-state index >= 15 is 0 Å². The highest BCUT2D eigenvalue weighted by Gasteiger charge is 2.27. The Morgan fingerprint density at radius 1 is 1.03 bits per heavy atom. The molecule has 0 aliphatic carbocycles. The number of ether oxygens (including phenoxy) is 1. The van der Waals surface area contributed by atoms with Gasteiger partial charge in [0.05, 0.1) is 16.7 Å². The first-order chi connectivity index (χ1) is 16.6. The maximum atomic E-state index is 13.4. The second-order valence-electron chi connectivity index (χ2n) is 8.57. The molecule has 0 radical (unpaired) electrons. The Morgan fingerprint density at radius 3 is 2.37 bits per heavy atom. The number of nitrogens with one attached hydrogen (secondary N) is 1. The van der Waals surface area contributed by atoms with E-state index in [-0.39, 0.29) is 23.5 Å². The number of carbonyl (C=O) groups excluding carboxylic acids is 1. The smallest absolute Gasteiger partial charge is 0.264 e. The highest BCUT2D eigenvalue weighted by molar-refractivity contribution is 7.92. The fraction of sp³-hybridized carbons (Fsp3) is 0.296. The molecule has 186 valence electrons. The van der Waals surface area contributed by atoms with Crippen LogP contribution in [0.5, 0.6) is 5.75 Å². The molecule has 35 heavy (non-hydrogen) atoms. The zero-order valence-electron chi connectivity index (χ0n) is 20.2. The van der Waals surface area contributed by atoms with Gasteiger partial charge in [-0.15, -0.1) is 0 Å². The number of hydrogen-bond acceptors (Lipinski definition) is 4. The monoisotopic (exact) mass is 514 g/mol. The van der Waals surface area contributed by atoms with Gasteiger partial charge in [0.15, 0.2) is 0 Å². The predicted octanol–water partition coefficient (Wildman–Crippen LogP) is 5.38. The SMILES string of the molecule is Cc1ccc(N(CC(=O)NCCCc2cccc(OC(C)C)c2)S(=O)(=O)c2ccc(Cl)cc2)cc1. The quantitative estimate of drug-likeness (QED) is 0.348. The molecule has 1 amide bonds. The third-order valence-corrected chi connectivity index (χ3v) is 7.29. The van der Waals surface area contributed by atoms with Crippen molar-refractivity contribution in [2.45, 2.75) is 44.6 Å². The maximum Gasteiger partial charge on any atom is 0.264 e. The Labute approximate surface area is 212 Å². The first-order valence-electron chi connectivity index (χ1n) is 11.5. The number of rotatable bonds is 11. The number of anilines is 1. The summed E-state index contributed by atoms with van der Waals surface area (Å²) in [6.07, 6.45) is 1.58. The van der Waals surface area contributed by atoms with Crippen LogP contribution in [0.2, 0.25) is 5.02 Å². The molecule has 0 saturated carbocycles. The lowest BCUT2D eigenvalue weighted by atomic mass is 10.1. The van der Waals surface area contributed by atoms with Gasteiger partial charge in [-0.05, 0) is 87.7 Å². The van der Waals surface area contributed by atoms with E-state index in [0.29, 0.717) is 23.7 Å². The molecule has 0 aromatic heterocycles. The lowest BCUT2D eigenvalue weighted by Crippen LogP contribution is -2.41. The van der Waals surface area contributed by atoms with Gasteiger partial charge in [0.1, 0.15) is 12.3 Å². The molecular formula is C27H31ClN2O4S. The van der Waals surface area contributed by atoms with Crippen molar-refractivity contribution >= 4 is 33.2 Å². The average molecular weight is 515 g/mol. The first kappa shape index (κ1) is 26.6. The molecule has 0 saturated heterocycles. The summed E-state index contributed by atoms with van der Waals surface area (Å²) < 4.78 is 33.6. The van der Waals surface area contributed by atoms with Crippen molar-refractivity contribution < 1.29 is 17.9 Å². The average Bonchev–Trinajstić information content (AvgIpc) is 2.81. The lowest BCUT2D eigenvalue weighted by molar-refractivity contribution is -0.119. The van der Waals surface area contributed by atoms with Gasteiger partial charge in [0, 0.05) is 11.6 Å². The van der Waals surface area contributed by atoms with Gasteiger partial charge < -0.3 is 10.1 Å². The number of amides is 1. The first-order valence-corrected chi connectivity index (χ1v) is 13.3. The van der Waals surface area contributed by atoms with E-state index in [4.69, 9.17) is 16.3 Å². The molecule has 1 N–H and O–H groups in total. The van der Waals surface area contributed by atoms with Gasteiger partial charge in [0.25, 0.3) is 10.0 Å². The Bertz CT molecular complexity index is 1230. The molecule has 0 bridgehead atoms. The summed E-state index contributed by atoms with van der Waals surface area (Å²) in [5.74, 6) is 0.447. The normalized spacial score (nSPS) is 11.3. The number of hydrogen-bond donors (Lipinski definition) is 1. The van der Waals surface area contributed by atoms with Crippen LogP contribution in [-0.4, -0.2) is 33.5 Å². The second kappa shape index (κ2) is 12.1. The van der Waals surface area contributed by atoms with Gasteiger partial charge in [-0.25, -0.2) is 8.42 Å². The van der Waals surface area contributed by atoms with Crippen molar-refractivity contribution in [3.63, 3.8) is 0 Å². The Kier molecular flexibility index (Phi) is 9.18. The standard InChI is InChI=1S/C27H31ClN2O4S/c1-20(2)34-25-8-4-6-22(18-25)7-5-17-29-27(31)19-30(24-13-9-21(3)10-14-24)35(32,33)26-15-11-23(28)12-16-26/h4,6,8-16,18,20H,5,7,17,19H2,1-3H3,(H,29,31). The highest BCUT2D eigenvalue weighted by atomic mass is 35.5. The summed E-state index contributed by atoms with van der Waals surface area (Å²) >= 11 is 5.93. The molecule has 0 aliphatic rings. The Hall–Kier alpha value is -3.03. The third-order valence-electron chi connectivity index (χ3n) is 5.25.